The molecule has 0 aliphatic carbocycles. The van der Waals surface area contributed by atoms with Gasteiger partial charge in [0.1, 0.15) is 12.1 Å². The maximum absolute atomic E-state index is 11.5. The molecule has 0 aliphatic heterocycles. The summed E-state index contributed by atoms with van der Waals surface area (Å²) in [6, 6.07) is 5.68. The minimum absolute atomic E-state index is 0.0518. The summed E-state index contributed by atoms with van der Waals surface area (Å²) in [6.07, 6.45) is 0.580. The molecule has 0 N–H and O–H groups in total. The van der Waals surface area contributed by atoms with Crippen LogP contribution in [0.25, 0.3) is 0 Å². The number of hydrogen-bond acceptors (Lipinski definition) is 5. The maximum atomic E-state index is 11.5. The van der Waals surface area contributed by atoms with Gasteiger partial charge in [-0.3, -0.25) is 9.59 Å². The van der Waals surface area contributed by atoms with E-state index < -0.39 is 11.9 Å². The van der Waals surface area contributed by atoms with E-state index in [1.807, 2.05) is 0 Å². The molecule has 1 aromatic carbocycles. The molecule has 0 atom stereocenters. The van der Waals surface area contributed by atoms with Crippen molar-refractivity contribution >= 4 is 24.0 Å². The number of aldehydes is 1. The normalized spacial score (nSPS) is 9.61. The van der Waals surface area contributed by atoms with Gasteiger partial charge in [0.25, 0.3) is 0 Å². The fraction of sp³-hybridized carbons (Fsp3) is 0.231. The average Bonchev–Trinajstić information content (AvgIpc) is 2.36. The Morgan fingerprint density at radius 2 is 1.72 bits per heavy atom. The molecule has 0 spiro atoms. The first kappa shape index (κ1) is 13.8. The van der Waals surface area contributed by atoms with Gasteiger partial charge in [-0.15, -0.1) is 0 Å². The third-order valence-electron chi connectivity index (χ3n) is 2.17. The second-order valence-electron chi connectivity index (χ2n) is 3.70. The highest BCUT2D eigenvalue weighted by Gasteiger charge is 2.13. The van der Waals surface area contributed by atoms with E-state index >= 15 is 0 Å². The van der Waals surface area contributed by atoms with E-state index in [2.05, 4.69) is 4.74 Å². The largest absolute Gasteiger partial charge is 0.389 e. The van der Waals surface area contributed by atoms with Crippen molar-refractivity contribution < 1.29 is 23.9 Å². The van der Waals surface area contributed by atoms with Crippen LogP contribution in [0.2, 0.25) is 0 Å². The Balaban J connectivity index is 2.56. The van der Waals surface area contributed by atoms with E-state index in [1.54, 1.807) is 0 Å². The Labute approximate surface area is 104 Å². The molecule has 5 nitrogen and oxygen atoms in total. The van der Waals surface area contributed by atoms with Gasteiger partial charge in [-0.2, -0.15) is 0 Å². The Kier molecular flexibility index (Phi) is 4.92. The molecule has 0 fully saturated rings. The number of carbonyl (C=O) groups excluding carboxylic acids is 4. The number of carbonyl (C=O) groups is 4. The summed E-state index contributed by atoms with van der Waals surface area (Å²) in [4.78, 5) is 43.7. The van der Waals surface area contributed by atoms with E-state index in [4.69, 9.17) is 0 Å². The van der Waals surface area contributed by atoms with Crippen molar-refractivity contribution in [3.05, 3.63) is 35.4 Å². The minimum atomic E-state index is -0.791. The molecule has 0 saturated carbocycles. The molecule has 0 amide bonds. The molecule has 5 heteroatoms. The lowest BCUT2D eigenvalue weighted by atomic mass is 10.1. The number of benzene rings is 1. The van der Waals surface area contributed by atoms with E-state index in [-0.39, 0.29) is 24.2 Å². The quantitative estimate of drug-likeness (QED) is 0.449. The SMILES string of the molecule is CC(=O)CCC(=O)OC(=O)c1ccc(C=O)cc1. The highest BCUT2D eigenvalue weighted by Crippen LogP contribution is 2.05. The summed E-state index contributed by atoms with van der Waals surface area (Å²) in [5.41, 5.74) is 0.603. The van der Waals surface area contributed by atoms with Crippen LogP contribution in [0.4, 0.5) is 0 Å². The predicted octanol–water partition coefficient (Wildman–Crippen LogP) is 1.55. The molecule has 0 saturated heterocycles. The zero-order chi connectivity index (χ0) is 13.5. The van der Waals surface area contributed by atoms with Crippen LogP contribution >= 0.6 is 0 Å². The van der Waals surface area contributed by atoms with Crippen molar-refractivity contribution in [3.8, 4) is 0 Å². The lowest BCUT2D eigenvalue weighted by Gasteiger charge is -2.02. The van der Waals surface area contributed by atoms with Crippen LogP contribution < -0.4 is 0 Å². The number of ketones is 1. The van der Waals surface area contributed by atoms with Crippen molar-refractivity contribution in [2.45, 2.75) is 19.8 Å². The summed E-state index contributed by atoms with van der Waals surface area (Å²) in [5.74, 6) is -1.68. The fourth-order valence-electron chi connectivity index (χ4n) is 1.19. The lowest BCUT2D eigenvalue weighted by molar-refractivity contribution is -0.139. The smallest absolute Gasteiger partial charge is 0.345 e. The molecular formula is C13H12O5. The first-order valence-electron chi connectivity index (χ1n) is 5.32. The van der Waals surface area contributed by atoms with E-state index in [0.29, 0.717) is 11.8 Å². The highest BCUT2D eigenvalue weighted by atomic mass is 16.6. The van der Waals surface area contributed by atoms with Crippen molar-refractivity contribution in [1.29, 1.82) is 0 Å². The Morgan fingerprint density at radius 1 is 1.11 bits per heavy atom. The third-order valence-corrected chi connectivity index (χ3v) is 2.17. The lowest BCUT2D eigenvalue weighted by Crippen LogP contribution is -2.13. The molecule has 0 aliphatic rings. The summed E-state index contributed by atoms with van der Waals surface area (Å²) < 4.78 is 4.54. The molecule has 0 aromatic heterocycles. The van der Waals surface area contributed by atoms with E-state index in [0.717, 1.165) is 0 Å². The molecule has 18 heavy (non-hydrogen) atoms. The molecule has 1 aromatic rings. The van der Waals surface area contributed by atoms with Crippen molar-refractivity contribution in [1.82, 2.24) is 0 Å². The van der Waals surface area contributed by atoms with Gasteiger partial charge in [-0.05, 0) is 19.1 Å². The van der Waals surface area contributed by atoms with Crippen LogP contribution in [0.3, 0.4) is 0 Å². The first-order chi connectivity index (χ1) is 8.52. The first-order valence-corrected chi connectivity index (χ1v) is 5.32. The molecule has 0 unspecified atom stereocenters. The van der Waals surface area contributed by atoms with E-state index in [1.165, 1.54) is 31.2 Å². The van der Waals surface area contributed by atoms with Gasteiger partial charge in [0.2, 0.25) is 0 Å². The standard InChI is InChI=1S/C13H12O5/c1-9(15)2-7-12(16)18-13(17)11-5-3-10(8-14)4-6-11/h3-6,8H,2,7H2,1H3. The third kappa shape index (κ3) is 4.29. The number of rotatable bonds is 5. The van der Waals surface area contributed by atoms with Gasteiger partial charge in [0.05, 0.1) is 12.0 Å². The fourth-order valence-corrected chi connectivity index (χ4v) is 1.19. The highest BCUT2D eigenvalue weighted by molar-refractivity contribution is 5.97. The minimum Gasteiger partial charge on any atom is -0.389 e. The maximum Gasteiger partial charge on any atom is 0.345 e. The molecule has 0 heterocycles. The monoisotopic (exact) mass is 248 g/mol. The van der Waals surface area contributed by atoms with Crippen molar-refractivity contribution in [2.24, 2.45) is 0 Å². The number of Topliss-reactive ketones (excluding diaryl/α,β-unsaturated/α-hetero) is 1. The second-order valence-corrected chi connectivity index (χ2v) is 3.70. The van der Waals surface area contributed by atoms with Crippen LogP contribution in [0, 0.1) is 0 Å². The topological polar surface area (TPSA) is 77.5 Å². The van der Waals surface area contributed by atoms with Crippen LogP contribution in [-0.4, -0.2) is 24.0 Å². The van der Waals surface area contributed by atoms with Gasteiger partial charge in [-0.1, -0.05) is 12.1 Å². The number of ether oxygens (including phenoxy) is 1. The molecular weight excluding hydrogens is 236 g/mol. The van der Waals surface area contributed by atoms with Crippen LogP contribution in [0.5, 0.6) is 0 Å². The van der Waals surface area contributed by atoms with Gasteiger partial charge in [0, 0.05) is 12.0 Å². The summed E-state index contributed by atoms with van der Waals surface area (Å²) in [5, 5.41) is 0. The van der Waals surface area contributed by atoms with Gasteiger partial charge in [0.15, 0.2) is 0 Å². The van der Waals surface area contributed by atoms with Crippen LogP contribution in [-0.2, 0) is 14.3 Å². The van der Waals surface area contributed by atoms with Crippen LogP contribution in [0.15, 0.2) is 24.3 Å². The average molecular weight is 248 g/mol. The number of hydrogen-bond donors (Lipinski definition) is 0. The van der Waals surface area contributed by atoms with Crippen molar-refractivity contribution in [3.63, 3.8) is 0 Å². The number of esters is 2. The van der Waals surface area contributed by atoms with Gasteiger partial charge >= 0.3 is 11.9 Å². The molecule has 1 rings (SSSR count). The zero-order valence-electron chi connectivity index (χ0n) is 9.84. The molecule has 94 valence electrons. The summed E-state index contributed by atoms with van der Waals surface area (Å²) >= 11 is 0. The zero-order valence-corrected chi connectivity index (χ0v) is 9.84. The summed E-state index contributed by atoms with van der Waals surface area (Å²) in [7, 11) is 0. The van der Waals surface area contributed by atoms with E-state index in [9.17, 15) is 19.2 Å². The van der Waals surface area contributed by atoms with Gasteiger partial charge < -0.3 is 9.53 Å². The Morgan fingerprint density at radius 3 is 2.22 bits per heavy atom. The Bertz CT molecular complexity index is 473. The second kappa shape index (κ2) is 6.44. The predicted molar refractivity (Wildman–Crippen MR) is 62.2 cm³/mol. The van der Waals surface area contributed by atoms with Crippen LogP contribution in [0.1, 0.15) is 40.5 Å². The Hall–Kier alpha value is -2.30. The van der Waals surface area contributed by atoms with Crippen molar-refractivity contribution in [2.75, 3.05) is 0 Å². The van der Waals surface area contributed by atoms with Gasteiger partial charge in [-0.25, -0.2) is 4.79 Å². The summed E-state index contributed by atoms with van der Waals surface area (Å²) in [6.45, 7) is 1.35. The molecule has 0 radical (unpaired) electrons. The molecule has 0 bridgehead atoms.